The van der Waals surface area contributed by atoms with Crippen LogP contribution >= 0.6 is 11.6 Å². The van der Waals surface area contributed by atoms with E-state index in [1.54, 1.807) is 6.07 Å². The van der Waals surface area contributed by atoms with Crippen molar-refractivity contribution in [1.82, 2.24) is 10.3 Å². The van der Waals surface area contributed by atoms with Gasteiger partial charge in [-0.15, -0.1) is 0 Å². The lowest BCUT2D eigenvalue weighted by molar-refractivity contribution is -0.137. The molecular formula is C28H20ClF3N4O. The number of ether oxygens (including phenoxy) is 1. The van der Waals surface area contributed by atoms with E-state index < -0.39 is 17.3 Å². The molecule has 0 amide bonds. The standard InChI is InChI=1S/C28H20ClF3N4O/c1-37-26-10-16(28(30,31)32)2-7-23(26)27-9-8-21(36-27)12-19-5-3-17(33-19)11-18-4-6-20(34-18)13-22-14-24(29)25(15-27)35-22/h2-8,10-15,35-36H,9H2,1H3. The molecular weight excluding hydrogens is 501 g/mol. The molecule has 1 aromatic heterocycles. The molecule has 186 valence electrons. The highest BCUT2D eigenvalue weighted by Crippen LogP contribution is 2.42. The van der Waals surface area contributed by atoms with Crippen LogP contribution in [0.4, 0.5) is 13.2 Å². The second kappa shape index (κ2) is 8.52. The number of aromatic nitrogens is 1. The van der Waals surface area contributed by atoms with E-state index in [1.807, 2.05) is 54.7 Å². The minimum Gasteiger partial charge on any atom is -0.496 e. The predicted molar refractivity (Wildman–Crippen MR) is 139 cm³/mol. The Labute approximate surface area is 215 Å². The van der Waals surface area contributed by atoms with E-state index in [-0.39, 0.29) is 5.75 Å². The zero-order valence-electron chi connectivity index (χ0n) is 19.5. The molecule has 0 fully saturated rings. The van der Waals surface area contributed by atoms with Crippen molar-refractivity contribution < 1.29 is 17.9 Å². The molecule has 1 aromatic carbocycles. The SMILES string of the molecule is COc1cc(C(F)(F)F)ccc1C12C=c3[nH]c(cc3Cl)=CC3=NC(=CC4=NC(=CC(=CC1)N2)C=C4)C=C3. The zero-order valence-corrected chi connectivity index (χ0v) is 20.3. The van der Waals surface area contributed by atoms with Gasteiger partial charge in [0.25, 0.3) is 0 Å². The van der Waals surface area contributed by atoms with Crippen LogP contribution in [0.1, 0.15) is 17.5 Å². The third-order valence-electron chi connectivity index (χ3n) is 6.50. The largest absolute Gasteiger partial charge is 0.496 e. The smallest absolute Gasteiger partial charge is 0.416 e. The van der Waals surface area contributed by atoms with Gasteiger partial charge in [-0.2, -0.15) is 13.2 Å². The van der Waals surface area contributed by atoms with Gasteiger partial charge < -0.3 is 15.0 Å². The van der Waals surface area contributed by atoms with Gasteiger partial charge in [-0.05, 0) is 73.2 Å². The van der Waals surface area contributed by atoms with E-state index in [1.165, 1.54) is 13.2 Å². The van der Waals surface area contributed by atoms with Crippen molar-refractivity contribution in [3.63, 3.8) is 0 Å². The van der Waals surface area contributed by atoms with Crippen molar-refractivity contribution >= 4 is 35.2 Å². The van der Waals surface area contributed by atoms with Crippen molar-refractivity contribution in [2.75, 3.05) is 7.11 Å². The Balaban J connectivity index is 1.56. The van der Waals surface area contributed by atoms with Gasteiger partial charge in [0, 0.05) is 16.6 Å². The number of nitrogens with one attached hydrogen (secondary N) is 2. The first-order valence-corrected chi connectivity index (χ1v) is 11.9. The van der Waals surface area contributed by atoms with Crippen molar-refractivity contribution in [2.24, 2.45) is 9.98 Å². The van der Waals surface area contributed by atoms with Crippen LogP contribution in [0.2, 0.25) is 5.02 Å². The zero-order chi connectivity index (χ0) is 25.8. The van der Waals surface area contributed by atoms with Gasteiger partial charge in [-0.25, -0.2) is 9.98 Å². The highest BCUT2D eigenvalue weighted by atomic mass is 35.5. The molecule has 6 rings (SSSR count). The van der Waals surface area contributed by atoms with Crippen molar-refractivity contribution in [1.29, 1.82) is 0 Å². The number of methoxy groups -OCH3 is 1. The summed E-state index contributed by atoms with van der Waals surface area (Å²) in [5.41, 5.74) is 2.67. The van der Waals surface area contributed by atoms with Crippen LogP contribution in [0.3, 0.4) is 0 Å². The first kappa shape index (κ1) is 23.4. The molecule has 4 aliphatic rings. The summed E-state index contributed by atoms with van der Waals surface area (Å²) in [4.78, 5) is 12.6. The lowest BCUT2D eigenvalue weighted by Crippen LogP contribution is -2.37. The minimum atomic E-state index is -4.49. The maximum absolute atomic E-state index is 13.4. The molecule has 2 N–H and O–H groups in total. The second-order valence-electron chi connectivity index (χ2n) is 9.03. The molecule has 0 radical (unpaired) electrons. The van der Waals surface area contributed by atoms with Crippen LogP contribution in [0.25, 0.3) is 12.2 Å². The number of nitrogens with zero attached hydrogens (tertiary/aromatic N) is 2. The quantitative estimate of drug-likeness (QED) is 0.596. The van der Waals surface area contributed by atoms with Crippen LogP contribution in [-0.4, -0.2) is 23.5 Å². The number of hydrogen-bond donors (Lipinski definition) is 2. The average Bonchev–Trinajstić information content (AvgIpc) is 3.64. The third-order valence-corrected chi connectivity index (χ3v) is 6.81. The number of hydrogen-bond acceptors (Lipinski definition) is 4. The Kier molecular flexibility index (Phi) is 5.38. The number of halogens is 4. The monoisotopic (exact) mass is 520 g/mol. The molecule has 1 unspecified atom stereocenters. The number of aliphatic imine (C=N–C) groups is 2. The fourth-order valence-electron chi connectivity index (χ4n) is 4.79. The molecule has 0 saturated carbocycles. The number of alkyl halides is 3. The van der Waals surface area contributed by atoms with Crippen molar-refractivity contribution in [3.05, 3.63) is 111 Å². The second-order valence-corrected chi connectivity index (χ2v) is 9.43. The Morgan fingerprint density at radius 2 is 1.70 bits per heavy atom. The lowest BCUT2D eigenvalue weighted by atomic mass is 9.86. The van der Waals surface area contributed by atoms with E-state index in [9.17, 15) is 13.2 Å². The molecule has 9 heteroatoms. The number of fused-ring (bicyclic) bond motifs is 6. The fraction of sp³-hybridized carbons (Fsp3) is 0.143. The summed E-state index contributed by atoms with van der Waals surface area (Å²) in [7, 11) is 1.36. The number of allylic oxidation sites excluding steroid dienone is 6. The third kappa shape index (κ3) is 4.38. The topological polar surface area (TPSA) is 61.8 Å². The number of H-pyrrole nitrogens is 1. The summed E-state index contributed by atoms with van der Waals surface area (Å²) >= 11 is 6.62. The molecule has 37 heavy (non-hydrogen) atoms. The van der Waals surface area contributed by atoms with Crippen LogP contribution in [0, 0.1) is 0 Å². The maximum atomic E-state index is 13.4. The van der Waals surface area contributed by atoms with Crippen LogP contribution in [0.5, 0.6) is 5.75 Å². The normalized spacial score (nSPS) is 21.8. The average molecular weight is 521 g/mol. The molecule has 0 spiro atoms. The molecule has 2 aromatic rings. The van der Waals surface area contributed by atoms with Crippen LogP contribution < -0.4 is 20.8 Å². The molecule has 0 saturated heterocycles. The Hall–Kier alpha value is -4.04. The molecule has 1 atom stereocenters. The molecule has 5 heterocycles. The van der Waals surface area contributed by atoms with E-state index in [0.29, 0.717) is 22.4 Å². The molecule has 4 aliphatic heterocycles. The Morgan fingerprint density at radius 3 is 2.43 bits per heavy atom. The highest BCUT2D eigenvalue weighted by molar-refractivity contribution is 6.30. The Morgan fingerprint density at radius 1 is 0.973 bits per heavy atom. The Bertz CT molecular complexity index is 1670. The maximum Gasteiger partial charge on any atom is 0.416 e. The van der Waals surface area contributed by atoms with Gasteiger partial charge >= 0.3 is 6.18 Å². The summed E-state index contributed by atoms with van der Waals surface area (Å²) in [5, 5.41) is 5.34. The fourth-order valence-corrected chi connectivity index (χ4v) is 5.01. The van der Waals surface area contributed by atoms with Crippen LogP contribution in [0.15, 0.2) is 93.9 Å². The first-order chi connectivity index (χ1) is 17.7. The van der Waals surface area contributed by atoms with Gasteiger partial charge in [0.2, 0.25) is 0 Å². The molecule has 8 bridgehead atoms. The van der Waals surface area contributed by atoms with Crippen molar-refractivity contribution in [3.8, 4) is 5.75 Å². The number of aromatic amines is 1. The number of rotatable bonds is 2. The van der Waals surface area contributed by atoms with E-state index >= 15 is 0 Å². The van der Waals surface area contributed by atoms with Crippen molar-refractivity contribution in [2.45, 2.75) is 18.1 Å². The summed E-state index contributed by atoms with van der Waals surface area (Å²) in [6.07, 6.45) is 13.1. The lowest BCUT2D eigenvalue weighted by Gasteiger charge is -2.30. The predicted octanol–water partition coefficient (Wildman–Crippen LogP) is 4.83. The highest BCUT2D eigenvalue weighted by Gasteiger charge is 2.38. The minimum absolute atomic E-state index is 0.119. The summed E-state index contributed by atoms with van der Waals surface area (Å²) < 4.78 is 45.8. The summed E-state index contributed by atoms with van der Waals surface area (Å²) in [6.45, 7) is 0. The first-order valence-electron chi connectivity index (χ1n) is 11.5. The van der Waals surface area contributed by atoms with Gasteiger partial charge in [0.15, 0.2) is 0 Å². The van der Waals surface area contributed by atoms with E-state index in [4.69, 9.17) is 16.3 Å². The van der Waals surface area contributed by atoms with E-state index in [2.05, 4.69) is 20.3 Å². The molecule has 0 aliphatic carbocycles. The summed E-state index contributed by atoms with van der Waals surface area (Å²) in [6, 6.07) is 5.34. The van der Waals surface area contributed by atoms with Gasteiger partial charge in [0.1, 0.15) is 5.75 Å². The van der Waals surface area contributed by atoms with Gasteiger partial charge in [-0.1, -0.05) is 23.7 Å². The molecule has 5 nitrogen and oxygen atoms in total. The number of benzene rings is 1. The van der Waals surface area contributed by atoms with E-state index in [0.717, 1.165) is 46.0 Å². The van der Waals surface area contributed by atoms with Gasteiger partial charge in [-0.3, -0.25) is 0 Å². The van der Waals surface area contributed by atoms with Gasteiger partial charge in [0.05, 0.1) is 51.4 Å². The summed E-state index contributed by atoms with van der Waals surface area (Å²) in [5.74, 6) is 0.119. The van der Waals surface area contributed by atoms with Crippen LogP contribution in [-0.2, 0) is 11.7 Å².